The molecule has 3 unspecified atom stereocenters. The Labute approximate surface area is 122 Å². The zero-order chi connectivity index (χ0) is 15.3. The molecule has 21 heavy (non-hydrogen) atoms. The van der Waals surface area contributed by atoms with E-state index >= 15 is 0 Å². The molecule has 122 valence electrons. The molecule has 0 aromatic rings. The fraction of sp³-hybridized carbons (Fsp3) is 0.929. The molecule has 0 radical (unpaired) electrons. The van der Waals surface area contributed by atoms with E-state index in [9.17, 15) is 18.0 Å². The van der Waals surface area contributed by atoms with Crippen molar-refractivity contribution in [1.29, 1.82) is 0 Å². The number of hydrogen-bond donors (Lipinski definition) is 2. The van der Waals surface area contributed by atoms with Gasteiger partial charge in [0.15, 0.2) is 0 Å². The van der Waals surface area contributed by atoms with E-state index in [2.05, 4.69) is 10.6 Å². The third-order valence-corrected chi connectivity index (χ3v) is 4.08. The minimum atomic E-state index is -4.29. The molecule has 1 aliphatic heterocycles. The topological polar surface area (TPSA) is 50.4 Å². The van der Waals surface area contributed by atoms with Crippen LogP contribution in [-0.4, -0.2) is 43.4 Å². The molecular weight excluding hydrogens is 285 g/mol. The van der Waals surface area contributed by atoms with Crippen molar-refractivity contribution in [1.82, 2.24) is 10.6 Å². The van der Waals surface area contributed by atoms with Gasteiger partial charge in [-0.1, -0.05) is 6.42 Å². The van der Waals surface area contributed by atoms with Crippen LogP contribution in [-0.2, 0) is 9.53 Å². The molecule has 7 heteroatoms. The van der Waals surface area contributed by atoms with Gasteiger partial charge in [0.1, 0.15) is 6.61 Å². The Kier molecular flexibility index (Phi) is 5.87. The number of ether oxygens (including phenoxy) is 1. The van der Waals surface area contributed by atoms with Crippen molar-refractivity contribution < 1.29 is 22.7 Å². The van der Waals surface area contributed by atoms with Crippen molar-refractivity contribution in [3.63, 3.8) is 0 Å². The lowest BCUT2D eigenvalue weighted by molar-refractivity contribution is -0.188. The Morgan fingerprint density at radius 3 is 2.67 bits per heavy atom. The lowest BCUT2D eigenvalue weighted by Crippen LogP contribution is -2.51. The Hall–Kier alpha value is -0.820. The zero-order valence-electron chi connectivity index (χ0n) is 12.0. The minimum Gasteiger partial charge on any atom is -0.369 e. The van der Waals surface area contributed by atoms with Gasteiger partial charge >= 0.3 is 6.18 Å². The van der Waals surface area contributed by atoms with Gasteiger partial charge in [0, 0.05) is 6.04 Å². The highest BCUT2D eigenvalue weighted by molar-refractivity contribution is 5.82. The normalized spacial score (nSPS) is 30.9. The first-order valence-corrected chi connectivity index (χ1v) is 7.66. The number of alkyl halides is 3. The van der Waals surface area contributed by atoms with Crippen molar-refractivity contribution in [2.45, 2.75) is 69.3 Å². The molecule has 1 amide bonds. The molecule has 2 aliphatic rings. The molecule has 0 spiro atoms. The summed E-state index contributed by atoms with van der Waals surface area (Å²) < 4.78 is 41.4. The summed E-state index contributed by atoms with van der Waals surface area (Å²) in [5.74, 6) is -0.0313. The van der Waals surface area contributed by atoms with Crippen LogP contribution in [0.5, 0.6) is 0 Å². The van der Waals surface area contributed by atoms with Gasteiger partial charge in [-0.2, -0.15) is 13.2 Å². The van der Waals surface area contributed by atoms with Crippen LogP contribution in [0, 0.1) is 0 Å². The van der Waals surface area contributed by atoms with E-state index in [0.29, 0.717) is 12.8 Å². The summed E-state index contributed by atoms with van der Waals surface area (Å²) >= 11 is 0. The predicted octanol–water partition coefficient (Wildman–Crippen LogP) is 2.13. The van der Waals surface area contributed by atoms with Gasteiger partial charge in [-0.05, 0) is 45.1 Å². The molecule has 0 bridgehead atoms. The average molecular weight is 308 g/mol. The van der Waals surface area contributed by atoms with Gasteiger partial charge in [-0.3, -0.25) is 4.79 Å². The number of halogens is 3. The van der Waals surface area contributed by atoms with Crippen LogP contribution in [0.1, 0.15) is 44.9 Å². The standard InChI is InChI=1S/C14H23F3N2O2/c15-14(16,17)9-21-11-5-3-4-10(8-11)19-13(20)12-6-1-2-7-18-12/h10-12,18H,1-9H2,(H,19,20). The monoisotopic (exact) mass is 308 g/mol. The van der Waals surface area contributed by atoms with Gasteiger partial charge < -0.3 is 15.4 Å². The highest BCUT2D eigenvalue weighted by Crippen LogP contribution is 2.24. The number of rotatable bonds is 4. The quantitative estimate of drug-likeness (QED) is 0.836. The average Bonchev–Trinajstić information content (AvgIpc) is 2.46. The fourth-order valence-electron chi connectivity index (χ4n) is 3.02. The lowest BCUT2D eigenvalue weighted by atomic mass is 9.92. The van der Waals surface area contributed by atoms with E-state index in [4.69, 9.17) is 4.74 Å². The maximum absolute atomic E-state index is 12.2. The maximum Gasteiger partial charge on any atom is 0.411 e. The molecule has 1 saturated heterocycles. The molecule has 3 atom stereocenters. The molecule has 0 aromatic carbocycles. The summed E-state index contributed by atoms with van der Waals surface area (Å²) in [6.45, 7) is -0.359. The van der Waals surface area contributed by atoms with Crippen LogP contribution in [0.3, 0.4) is 0 Å². The summed E-state index contributed by atoms with van der Waals surface area (Å²) in [6, 6.07) is -0.233. The van der Waals surface area contributed by atoms with Crippen molar-refractivity contribution >= 4 is 5.91 Å². The molecule has 1 aliphatic carbocycles. The summed E-state index contributed by atoms with van der Waals surface area (Å²) in [6.07, 6.45) is 0.932. The van der Waals surface area contributed by atoms with Crippen LogP contribution in [0.2, 0.25) is 0 Å². The predicted molar refractivity (Wildman–Crippen MR) is 71.8 cm³/mol. The van der Waals surface area contributed by atoms with Crippen molar-refractivity contribution in [3.8, 4) is 0 Å². The van der Waals surface area contributed by atoms with E-state index in [1.54, 1.807) is 0 Å². The van der Waals surface area contributed by atoms with E-state index < -0.39 is 18.9 Å². The molecule has 0 aromatic heterocycles. The first-order chi connectivity index (χ1) is 9.94. The first-order valence-electron chi connectivity index (χ1n) is 7.66. The van der Waals surface area contributed by atoms with Crippen LogP contribution in [0.15, 0.2) is 0 Å². The van der Waals surface area contributed by atoms with Crippen molar-refractivity contribution in [3.05, 3.63) is 0 Å². The summed E-state index contributed by atoms with van der Waals surface area (Å²) in [7, 11) is 0. The van der Waals surface area contributed by atoms with E-state index in [-0.39, 0.29) is 18.0 Å². The fourth-order valence-corrected chi connectivity index (χ4v) is 3.02. The molecule has 1 heterocycles. The lowest BCUT2D eigenvalue weighted by Gasteiger charge is -2.32. The number of piperidine rings is 1. The third kappa shape index (κ3) is 5.82. The third-order valence-electron chi connectivity index (χ3n) is 4.08. The van der Waals surface area contributed by atoms with Crippen molar-refractivity contribution in [2.75, 3.05) is 13.2 Å². The van der Waals surface area contributed by atoms with Gasteiger partial charge in [0.2, 0.25) is 5.91 Å². The molecular formula is C14H23F3N2O2. The summed E-state index contributed by atoms with van der Waals surface area (Å²) in [4.78, 5) is 12.1. The molecule has 4 nitrogen and oxygen atoms in total. The SMILES string of the molecule is O=C(NC1CCCC(OCC(F)(F)F)C1)C1CCCCN1. The molecule has 1 saturated carbocycles. The Bertz CT molecular complexity index is 344. The minimum absolute atomic E-state index is 0.0313. The maximum atomic E-state index is 12.2. The Morgan fingerprint density at radius 1 is 1.19 bits per heavy atom. The van der Waals surface area contributed by atoms with E-state index in [1.165, 1.54) is 0 Å². The number of nitrogens with one attached hydrogen (secondary N) is 2. The Morgan fingerprint density at radius 2 is 2.00 bits per heavy atom. The number of carbonyl (C=O) groups is 1. The molecule has 2 rings (SSSR count). The van der Waals surface area contributed by atoms with Crippen molar-refractivity contribution in [2.24, 2.45) is 0 Å². The van der Waals surface area contributed by atoms with E-state index in [1.807, 2.05) is 0 Å². The number of hydrogen-bond acceptors (Lipinski definition) is 3. The first kappa shape index (κ1) is 16.5. The second kappa shape index (κ2) is 7.45. The van der Waals surface area contributed by atoms with Crippen LogP contribution in [0.25, 0.3) is 0 Å². The van der Waals surface area contributed by atoms with Gasteiger partial charge in [-0.15, -0.1) is 0 Å². The molecule has 2 N–H and O–H groups in total. The van der Waals surface area contributed by atoms with Crippen LogP contribution >= 0.6 is 0 Å². The second-order valence-electron chi connectivity index (χ2n) is 5.92. The highest BCUT2D eigenvalue weighted by atomic mass is 19.4. The highest BCUT2D eigenvalue weighted by Gasteiger charge is 2.32. The second-order valence-corrected chi connectivity index (χ2v) is 5.92. The smallest absolute Gasteiger partial charge is 0.369 e. The van der Waals surface area contributed by atoms with Crippen LogP contribution in [0.4, 0.5) is 13.2 Å². The molecule has 2 fully saturated rings. The Balaban J connectivity index is 1.74. The van der Waals surface area contributed by atoms with Gasteiger partial charge in [-0.25, -0.2) is 0 Å². The summed E-state index contributed by atoms with van der Waals surface area (Å²) in [5, 5.41) is 6.13. The number of amides is 1. The van der Waals surface area contributed by atoms with Gasteiger partial charge in [0.25, 0.3) is 0 Å². The van der Waals surface area contributed by atoms with Crippen LogP contribution < -0.4 is 10.6 Å². The number of carbonyl (C=O) groups excluding carboxylic acids is 1. The zero-order valence-corrected chi connectivity index (χ0v) is 12.0. The largest absolute Gasteiger partial charge is 0.411 e. The van der Waals surface area contributed by atoms with Gasteiger partial charge in [0.05, 0.1) is 12.1 Å². The summed E-state index contributed by atoms with van der Waals surface area (Å²) in [5.41, 5.74) is 0. The van der Waals surface area contributed by atoms with E-state index in [0.717, 1.165) is 38.6 Å².